The molecule has 1 aromatic carbocycles. The molecular formula is C22H25N5O3S. The predicted octanol–water partition coefficient (Wildman–Crippen LogP) is 2.86. The van der Waals surface area contributed by atoms with Crippen molar-refractivity contribution in [3.63, 3.8) is 0 Å². The monoisotopic (exact) mass is 439 g/mol. The Kier molecular flexibility index (Phi) is 5.99. The molecule has 0 unspecified atom stereocenters. The first kappa shape index (κ1) is 21.4. The Hall–Kier alpha value is -2.88. The fraction of sp³-hybridized carbons (Fsp3) is 0.318. The molecule has 31 heavy (non-hydrogen) atoms. The van der Waals surface area contributed by atoms with Gasteiger partial charge in [0.15, 0.2) is 0 Å². The van der Waals surface area contributed by atoms with Crippen molar-refractivity contribution in [3.8, 4) is 22.5 Å². The van der Waals surface area contributed by atoms with Crippen LogP contribution in [0.3, 0.4) is 0 Å². The van der Waals surface area contributed by atoms with Crippen LogP contribution in [0.5, 0.6) is 0 Å². The summed E-state index contributed by atoms with van der Waals surface area (Å²) in [5.41, 5.74) is 10.4. The van der Waals surface area contributed by atoms with Crippen molar-refractivity contribution in [2.45, 2.75) is 37.6 Å². The molecule has 0 atom stereocenters. The van der Waals surface area contributed by atoms with Crippen molar-refractivity contribution in [2.75, 3.05) is 18.9 Å². The summed E-state index contributed by atoms with van der Waals surface area (Å²) in [4.78, 5) is 13.4. The van der Waals surface area contributed by atoms with Gasteiger partial charge in [0.1, 0.15) is 11.5 Å². The number of aryl methyl sites for hydroxylation is 2. The van der Waals surface area contributed by atoms with E-state index in [0.29, 0.717) is 48.8 Å². The minimum atomic E-state index is -3.67. The summed E-state index contributed by atoms with van der Waals surface area (Å²) in [7, 11) is -3.67. The van der Waals surface area contributed by atoms with E-state index in [1.807, 2.05) is 26.0 Å². The molecule has 3 heterocycles. The van der Waals surface area contributed by atoms with Gasteiger partial charge in [-0.3, -0.25) is 4.98 Å². The molecule has 0 bridgehead atoms. The predicted molar refractivity (Wildman–Crippen MR) is 119 cm³/mol. The molecule has 1 saturated heterocycles. The largest absolute Gasteiger partial charge is 0.382 e. The number of hydrogen-bond acceptors (Lipinski definition) is 7. The molecule has 0 amide bonds. The van der Waals surface area contributed by atoms with Gasteiger partial charge in [-0.1, -0.05) is 6.07 Å². The molecule has 162 valence electrons. The van der Waals surface area contributed by atoms with Gasteiger partial charge in [0.25, 0.3) is 0 Å². The van der Waals surface area contributed by atoms with Crippen LogP contribution in [0.1, 0.15) is 24.1 Å². The Bertz CT molecular complexity index is 1210. The van der Waals surface area contributed by atoms with Gasteiger partial charge in [-0.15, -0.1) is 0 Å². The lowest BCUT2D eigenvalue weighted by Gasteiger charge is -2.23. The Morgan fingerprint density at radius 3 is 2.61 bits per heavy atom. The summed E-state index contributed by atoms with van der Waals surface area (Å²) in [6.45, 7) is 4.92. The standard InChI is InChI=1S/C22H25N5O3S/c1-14-3-4-18(31(28,29)27-17-6-9-30-10-7-17)12-19(14)20-13-25-22(23)21(26-20)16-5-8-24-15(2)11-16/h3-5,8,11-13,17,27H,6-7,9-10H2,1-2H3,(H2,23,25). The molecule has 0 radical (unpaired) electrons. The van der Waals surface area contributed by atoms with Crippen LogP contribution in [0.25, 0.3) is 22.5 Å². The van der Waals surface area contributed by atoms with Crippen LogP contribution in [0, 0.1) is 13.8 Å². The Morgan fingerprint density at radius 1 is 1.10 bits per heavy atom. The van der Waals surface area contributed by atoms with Gasteiger partial charge >= 0.3 is 0 Å². The molecule has 0 aliphatic carbocycles. The number of aromatic nitrogens is 3. The van der Waals surface area contributed by atoms with Gasteiger partial charge in [-0.05, 0) is 56.5 Å². The highest BCUT2D eigenvalue weighted by Crippen LogP contribution is 2.29. The second kappa shape index (κ2) is 8.70. The smallest absolute Gasteiger partial charge is 0.240 e. The summed E-state index contributed by atoms with van der Waals surface area (Å²) >= 11 is 0. The minimum absolute atomic E-state index is 0.124. The summed E-state index contributed by atoms with van der Waals surface area (Å²) < 4.78 is 34.0. The van der Waals surface area contributed by atoms with E-state index >= 15 is 0 Å². The first-order valence-corrected chi connectivity index (χ1v) is 11.6. The second-order valence-corrected chi connectivity index (χ2v) is 9.37. The number of benzene rings is 1. The zero-order valence-corrected chi connectivity index (χ0v) is 18.3. The van der Waals surface area contributed by atoms with Crippen molar-refractivity contribution >= 4 is 15.8 Å². The van der Waals surface area contributed by atoms with Crippen LogP contribution in [0.2, 0.25) is 0 Å². The summed E-state index contributed by atoms with van der Waals surface area (Å²) in [6, 6.07) is 8.61. The van der Waals surface area contributed by atoms with Crippen LogP contribution in [0.4, 0.5) is 5.82 Å². The Morgan fingerprint density at radius 2 is 1.87 bits per heavy atom. The molecular weight excluding hydrogens is 414 g/mol. The summed E-state index contributed by atoms with van der Waals surface area (Å²) in [5.74, 6) is 0.303. The lowest BCUT2D eigenvalue weighted by Crippen LogP contribution is -2.38. The lowest BCUT2D eigenvalue weighted by atomic mass is 10.1. The highest BCUT2D eigenvalue weighted by atomic mass is 32.2. The zero-order valence-electron chi connectivity index (χ0n) is 17.5. The second-order valence-electron chi connectivity index (χ2n) is 7.66. The SMILES string of the molecule is Cc1cc(-c2nc(-c3cc(S(=O)(=O)NC4CCOCC4)ccc3C)cnc2N)ccn1. The Balaban J connectivity index is 1.71. The number of nitrogens with two attached hydrogens (primary N) is 1. The number of nitrogens with one attached hydrogen (secondary N) is 1. The van der Waals surface area contributed by atoms with Gasteiger partial charge in [0.05, 0.1) is 16.8 Å². The number of ether oxygens (including phenoxy) is 1. The summed E-state index contributed by atoms with van der Waals surface area (Å²) in [5, 5.41) is 0. The van der Waals surface area contributed by atoms with Crippen LogP contribution in [-0.2, 0) is 14.8 Å². The highest BCUT2D eigenvalue weighted by molar-refractivity contribution is 7.89. The number of nitrogens with zero attached hydrogens (tertiary/aromatic N) is 3. The number of nitrogen functional groups attached to an aromatic ring is 1. The number of hydrogen-bond donors (Lipinski definition) is 2. The molecule has 4 rings (SSSR count). The van der Waals surface area contributed by atoms with Gasteiger partial charge in [-0.25, -0.2) is 23.1 Å². The minimum Gasteiger partial charge on any atom is -0.382 e. The van der Waals surface area contributed by atoms with E-state index in [2.05, 4.69) is 14.7 Å². The van der Waals surface area contributed by atoms with Crippen LogP contribution < -0.4 is 10.5 Å². The zero-order chi connectivity index (χ0) is 22.0. The Labute approximate surface area is 182 Å². The number of pyridine rings is 1. The highest BCUT2D eigenvalue weighted by Gasteiger charge is 2.23. The molecule has 0 saturated carbocycles. The average Bonchev–Trinajstić information content (AvgIpc) is 2.75. The molecule has 3 aromatic rings. The maximum Gasteiger partial charge on any atom is 0.240 e. The van der Waals surface area contributed by atoms with Crippen molar-refractivity contribution in [1.29, 1.82) is 0 Å². The number of rotatable bonds is 5. The van der Waals surface area contributed by atoms with E-state index < -0.39 is 10.0 Å². The van der Waals surface area contributed by atoms with Crippen LogP contribution in [-0.4, -0.2) is 42.6 Å². The molecule has 1 aliphatic rings. The van der Waals surface area contributed by atoms with E-state index in [1.165, 1.54) is 0 Å². The van der Waals surface area contributed by atoms with Crippen LogP contribution >= 0.6 is 0 Å². The molecule has 8 nitrogen and oxygen atoms in total. The maximum atomic E-state index is 13.0. The van der Waals surface area contributed by atoms with Crippen molar-refractivity contribution in [3.05, 3.63) is 54.0 Å². The van der Waals surface area contributed by atoms with Gasteiger partial charge in [-0.2, -0.15) is 0 Å². The van der Waals surface area contributed by atoms with Gasteiger partial charge in [0.2, 0.25) is 10.0 Å². The van der Waals surface area contributed by atoms with Crippen molar-refractivity contribution in [2.24, 2.45) is 0 Å². The number of sulfonamides is 1. The van der Waals surface area contributed by atoms with E-state index in [9.17, 15) is 8.42 Å². The van der Waals surface area contributed by atoms with E-state index in [0.717, 1.165) is 16.8 Å². The van der Waals surface area contributed by atoms with E-state index in [1.54, 1.807) is 30.6 Å². The fourth-order valence-corrected chi connectivity index (χ4v) is 4.91. The summed E-state index contributed by atoms with van der Waals surface area (Å²) in [6.07, 6.45) is 4.59. The topological polar surface area (TPSA) is 120 Å². The molecule has 3 N–H and O–H groups in total. The first-order chi connectivity index (χ1) is 14.8. The van der Waals surface area contributed by atoms with Crippen molar-refractivity contribution in [1.82, 2.24) is 19.7 Å². The lowest BCUT2D eigenvalue weighted by molar-refractivity contribution is 0.0832. The van der Waals surface area contributed by atoms with Crippen molar-refractivity contribution < 1.29 is 13.2 Å². The first-order valence-electron chi connectivity index (χ1n) is 10.1. The van der Waals surface area contributed by atoms with E-state index in [4.69, 9.17) is 15.5 Å². The fourth-order valence-electron chi connectivity index (χ4n) is 3.58. The average molecular weight is 440 g/mol. The van der Waals surface area contributed by atoms with E-state index in [-0.39, 0.29) is 10.9 Å². The number of anilines is 1. The van der Waals surface area contributed by atoms with Gasteiger partial charge in [0, 0.05) is 42.3 Å². The molecule has 1 aliphatic heterocycles. The maximum absolute atomic E-state index is 13.0. The van der Waals surface area contributed by atoms with Gasteiger partial charge < -0.3 is 10.5 Å². The molecule has 2 aromatic heterocycles. The quantitative estimate of drug-likeness (QED) is 0.627. The third-order valence-electron chi connectivity index (χ3n) is 5.31. The molecule has 0 spiro atoms. The third-order valence-corrected chi connectivity index (χ3v) is 6.83. The molecule has 1 fully saturated rings. The third kappa shape index (κ3) is 4.73. The molecule has 9 heteroatoms. The normalized spacial score (nSPS) is 15.2. The van der Waals surface area contributed by atoms with Crippen LogP contribution in [0.15, 0.2) is 47.6 Å².